The van der Waals surface area contributed by atoms with Gasteiger partial charge in [-0.15, -0.1) is 0 Å². The van der Waals surface area contributed by atoms with Crippen LogP contribution in [0, 0.1) is 0 Å². The van der Waals surface area contributed by atoms with Gasteiger partial charge < -0.3 is 9.12 Å². The molecular formula is C18H18F3N3OS. The van der Waals surface area contributed by atoms with Gasteiger partial charge in [0, 0.05) is 12.7 Å². The van der Waals surface area contributed by atoms with Crippen molar-refractivity contribution in [3.05, 3.63) is 42.1 Å². The Kier molecular flexibility index (Phi) is 5.24. The maximum atomic E-state index is 13.0. The minimum Gasteiger partial charge on any atom is -0.611 e. The molecule has 0 bridgehead atoms. The summed E-state index contributed by atoms with van der Waals surface area (Å²) >= 11 is -1.21. The lowest BCUT2D eigenvalue weighted by Crippen LogP contribution is -2.08. The van der Waals surface area contributed by atoms with Gasteiger partial charge in [-0.25, -0.2) is 9.97 Å². The second kappa shape index (κ2) is 7.28. The van der Waals surface area contributed by atoms with Crippen LogP contribution in [-0.2, 0) is 23.9 Å². The molecule has 0 spiro atoms. The van der Waals surface area contributed by atoms with E-state index in [0.717, 1.165) is 18.7 Å². The summed E-state index contributed by atoms with van der Waals surface area (Å²) in [4.78, 5) is 9.05. The van der Waals surface area contributed by atoms with Crippen LogP contribution in [0.5, 0.6) is 0 Å². The molecule has 0 saturated heterocycles. The zero-order chi connectivity index (χ0) is 18.9. The molecule has 26 heavy (non-hydrogen) atoms. The van der Waals surface area contributed by atoms with Gasteiger partial charge in [0.2, 0.25) is 0 Å². The van der Waals surface area contributed by atoms with Gasteiger partial charge in [-0.05, 0) is 42.7 Å². The highest BCUT2D eigenvalue weighted by atomic mass is 32.2. The van der Waals surface area contributed by atoms with E-state index < -0.39 is 22.9 Å². The number of halogens is 3. The van der Waals surface area contributed by atoms with Crippen LogP contribution in [0.1, 0.15) is 25.8 Å². The van der Waals surface area contributed by atoms with E-state index in [9.17, 15) is 17.7 Å². The third-order valence-electron chi connectivity index (χ3n) is 3.99. The Morgan fingerprint density at radius 2 is 1.92 bits per heavy atom. The Morgan fingerprint density at radius 3 is 2.58 bits per heavy atom. The van der Waals surface area contributed by atoms with Gasteiger partial charge in [0.1, 0.15) is 17.1 Å². The van der Waals surface area contributed by atoms with Crippen LogP contribution in [0.15, 0.2) is 41.4 Å². The number of rotatable bonds is 5. The average molecular weight is 381 g/mol. The fourth-order valence-electron chi connectivity index (χ4n) is 2.81. The molecule has 8 heteroatoms. The van der Waals surface area contributed by atoms with Crippen molar-refractivity contribution in [3.63, 3.8) is 0 Å². The number of hydrogen-bond donors (Lipinski definition) is 0. The van der Waals surface area contributed by atoms with Crippen molar-refractivity contribution in [2.45, 2.75) is 37.9 Å². The van der Waals surface area contributed by atoms with Gasteiger partial charge in [0.05, 0.1) is 11.1 Å². The number of benzene rings is 1. The topological polar surface area (TPSA) is 53.8 Å². The molecule has 3 aromatic rings. The average Bonchev–Trinajstić information content (AvgIpc) is 2.98. The summed E-state index contributed by atoms with van der Waals surface area (Å²) in [6, 6.07) is 8.16. The molecule has 0 amide bonds. The van der Waals surface area contributed by atoms with Gasteiger partial charge in [-0.1, -0.05) is 19.1 Å². The quantitative estimate of drug-likeness (QED) is 0.604. The van der Waals surface area contributed by atoms with Gasteiger partial charge >= 0.3 is 6.18 Å². The largest absolute Gasteiger partial charge is 0.611 e. The number of imidazole rings is 1. The SMILES string of the molecule is CCCn1c(-c2ccccc2[S+]([O-])CC)nc2cc(C(F)(F)F)cnc21. The normalized spacial score (nSPS) is 13.3. The van der Waals surface area contributed by atoms with E-state index in [1.165, 1.54) is 0 Å². The van der Waals surface area contributed by atoms with E-state index in [1.807, 2.05) is 13.8 Å². The molecule has 0 aliphatic carbocycles. The highest BCUT2D eigenvalue weighted by Crippen LogP contribution is 2.33. The summed E-state index contributed by atoms with van der Waals surface area (Å²) in [6.07, 6.45) is -2.88. The number of fused-ring (bicyclic) bond motifs is 1. The first kappa shape index (κ1) is 18.7. The van der Waals surface area contributed by atoms with Crippen LogP contribution in [0.3, 0.4) is 0 Å². The molecule has 3 rings (SSSR count). The lowest BCUT2D eigenvalue weighted by Gasteiger charge is -2.13. The highest BCUT2D eigenvalue weighted by molar-refractivity contribution is 7.91. The second-order valence-corrected chi connectivity index (χ2v) is 7.49. The molecule has 0 N–H and O–H groups in total. The van der Waals surface area contributed by atoms with Gasteiger partial charge in [-0.2, -0.15) is 13.2 Å². The van der Waals surface area contributed by atoms with Crippen molar-refractivity contribution in [1.82, 2.24) is 14.5 Å². The third-order valence-corrected chi connectivity index (χ3v) is 5.37. The van der Waals surface area contributed by atoms with E-state index in [-0.39, 0.29) is 5.52 Å². The number of pyridine rings is 1. The molecule has 0 aliphatic heterocycles. The molecule has 1 atom stereocenters. The zero-order valence-electron chi connectivity index (χ0n) is 14.4. The highest BCUT2D eigenvalue weighted by Gasteiger charge is 2.32. The van der Waals surface area contributed by atoms with Crippen molar-refractivity contribution in [2.75, 3.05) is 5.75 Å². The van der Waals surface area contributed by atoms with Crippen molar-refractivity contribution in [1.29, 1.82) is 0 Å². The van der Waals surface area contributed by atoms with Crippen LogP contribution < -0.4 is 0 Å². The standard InChI is InChI=1S/C18H18F3N3OS/c1-3-9-24-16(13-7-5-6-8-15(13)26(25)4-2)23-14-10-12(18(19,20)21)11-22-17(14)24/h5-8,10-11H,3-4,9H2,1-2H3. The van der Waals surface area contributed by atoms with Crippen LogP contribution in [0.4, 0.5) is 13.2 Å². The molecule has 0 radical (unpaired) electrons. The van der Waals surface area contributed by atoms with Crippen LogP contribution >= 0.6 is 0 Å². The molecule has 4 nitrogen and oxygen atoms in total. The fraction of sp³-hybridized carbons (Fsp3) is 0.333. The summed E-state index contributed by atoms with van der Waals surface area (Å²) in [6.45, 7) is 4.34. The van der Waals surface area contributed by atoms with Gasteiger partial charge in [-0.3, -0.25) is 0 Å². The first-order valence-corrected chi connectivity index (χ1v) is 9.60. The summed E-state index contributed by atoms with van der Waals surface area (Å²) in [7, 11) is 0. The second-order valence-electron chi connectivity index (χ2n) is 5.78. The summed E-state index contributed by atoms with van der Waals surface area (Å²) in [5, 5.41) is 0. The smallest absolute Gasteiger partial charge is 0.417 e. The monoisotopic (exact) mass is 381 g/mol. The first-order chi connectivity index (χ1) is 12.4. The molecule has 2 heterocycles. The lowest BCUT2D eigenvalue weighted by molar-refractivity contribution is -0.137. The first-order valence-electron chi connectivity index (χ1n) is 8.28. The van der Waals surface area contributed by atoms with Gasteiger partial charge in [0.25, 0.3) is 0 Å². The van der Waals surface area contributed by atoms with Crippen LogP contribution in [0.25, 0.3) is 22.6 Å². The maximum absolute atomic E-state index is 13.0. The minimum atomic E-state index is -4.47. The lowest BCUT2D eigenvalue weighted by atomic mass is 10.2. The van der Waals surface area contributed by atoms with E-state index >= 15 is 0 Å². The summed E-state index contributed by atoms with van der Waals surface area (Å²) in [5.41, 5.74) is 0.406. The molecule has 1 unspecified atom stereocenters. The molecule has 0 fully saturated rings. The Hall–Kier alpha value is -2.06. The molecule has 138 valence electrons. The molecular weight excluding hydrogens is 363 g/mol. The minimum absolute atomic E-state index is 0.181. The van der Waals surface area contributed by atoms with E-state index in [4.69, 9.17) is 0 Å². The van der Waals surface area contributed by atoms with Crippen molar-refractivity contribution >= 4 is 22.3 Å². The third kappa shape index (κ3) is 3.43. The van der Waals surface area contributed by atoms with E-state index in [2.05, 4.69) is 9.97 Å². The number of nitrogens with zero attached hydrogens (tertiary/aromatic N) is 3. The number of aromatic nitrogens is 3. The Morgan fingerprint density at radius 1 is 1.19 bits per heavy atom. The predicted octanol–water partition coefficient (Wildman–Crippen LogP) is 4.65. The Labute approximate surface area is 152 Å². The van der Waals surface area contributed by atoms with Crippen molar-refractivity contribution in [2.24, 2.45) is 0 Å². The van der Waals surface area contributed by atoms with Crippen LogP contribution in [-0.4, -0.2) is 24.8 Å². The molecule has 2 aromatic heterocycles. The van der Waals surface area contributed by atoms with E-state index in [0.29, 0.717) is 34.2 Å². The van der Waals surface area contributed by atoms with Crippen molar-refractivity contribution in [3.8, 4) is 11.4 Å². The number of alkyl halides is 3. The fourth-order valence-corrected chi connectivity index (χ4v) is 3.76. The Bertz CT molecular complexity index is 924. The van der Waals surface area contributed by atoms with Crippen LogP contribution in [0.2, 0.25) is 0 Å². The molecule has 0 saturated carbocycles. The zero-order valence-corrected chi connectivity index (χ0v) is 15.2. The van der Waals surface area contributed by atoms with E-state index in [1.54, 1.807) is 28.8 Å². The molecule has 0 aliphatic rings. The predicted molar refractivity (Wildman–Crippen MR) is 95.2 cm³/mol. The summed E-state index contributed by atoms with van der Waals surface area (Å²) in [5.74, 6) is 0.938. The number of hydrogen-bond acceptors (Lipinski definition) is 3. The Balaban J connectivity index is 2.24. The summed E-state index contributed by atoms with van der Waals surface area (Å²) < 4.78 is 53.2. The molecule has 1 aromatic carbocycles. The number of aryl methyl sites for hydroxylation is 1. The van der Waals surface area contributed by atoms with Crippen molar-refractivity contribution < 1.29 is 17.7 Å². The maximum Gasteiger partial charge on any atom is 0.417 e. The van der Waals surface area contributed by atoms with Gasteiger partial charge in [0.15, 0.2) is 10.5 Å².